The summed E-state index contributed by atoms with van der Waals surface area (Å²) in [6.07, 6.45) is 0.715. The molecule has 2 N–H and O–H groups in total. The summed E-state index contributed by atoms with van der Waals surface area (Å²) in [6.45, 7) is 1.76. The normalized spacial score (nSPS) is 11.8. The van der Waals surface area contributed by atoms with Gasteiger partial charge in [0.15, 0.2) is 0 Å². The lowest BCUT2D eigenvalue weighted by Crippen LogP contribution is -2.26. The molecular formula is C11H17NO5S. The Morgan fingerprint density at radius 2 is 1.78 bits per heavy atom. The van der Waals surface area contributed by atoms with Crippen LogP contribution in [-0.4, -0.2) is 38.3 Å². The zero-order valence-electron chi connectivity index (χ0n) is 10.5. The van der Waals surface area contributed by atoms with E-state index in [1.807, 2.05) is 30.3 Å². The Balaban J connectivity index is 0.000000494. The van der Waals surface area contributed by atoms with Gasteiger partial charge in [-0.2, -0.15) is 8.42 Å². The number of rotatable bonds is 3. The number of ether oxygens (including phenoxy) is 1. The number of carbonyl (C=O) groups is 1. The van der Waals surface area contributed by atoms with Crippen LogP contribution in [0.5, 0.6) is 0 Å². The number of para-hydroxylation sites is 1. The number of hydrogen-bond donors (Lipinski definition) is 2. The van der Waals surface area contributed by atoms with Crippen molar-refractivity contribution in [1.82, 2.24) is 0 Å². The molecular weight excluding hydrogens is 258 g/mol. The summed E-state index contributed by atoms with van der Waals surface area (Å²) in [6, 6.07) is 9.23. The Morgan fingerprint density at radius 3 is 2.17 bits per heavy atom. The highest BCUT2D eigenvalue weighted by Gasteiger charge is 2.11. The Labute approximate surface area is 107 Å². The third kappa shape index (κ3) is 9.61. The molecule has 0 unspecified atom stereocenters. The van der Waals surface area contributed by atoms with Crippen molar-refractivity contribution in [3.63, 3.8) is 0 Å². The van der Waals surface area contributed by atoms with Crippen molar-refractivity contribution < 1.29 is 22.5 Å². The van der Waals surface area contributed by atoms with Crippen molar-refractivity contribution >= 4 is 21.8 Å². The fourth-order valence-electron chi connectivity index (χ4n) is 1.02. The van der Waals surface area contributed by atoms with Crippen molar-refractivity contribution in [2.75, 3.05) is 18.7 Å². The summed E-state index contributed by atoms with van der Waals surface area (Å²) in [7, 11) is -2.29. The number of hydrogen-bond acceptors (Lipinski definition) is 5. The second-order valence-corrected chi connectivity index (χ2v) is 4.95. The Morgan fingerprint density at radius 1 is 1.33 bits per heavy atom. The third-order valence-electron chi connectivity index (χ3n) is 1.71. The maximum Gasteiger partial charge on any atom is 0.327 e. The van der Waals surface area contributed by atoms with Crippen LogP contribution in [0.3, 0.4) is 0 Å². The first-order valence-corrected chi connectivity index (χ1v) is 6.90. The molecule has 7 heteroatoms. The molecule has 0 aliphatic heterocycles. The molecule has 1 atom stereocenters. The van der Waals surface area contributed by atoms with Crippen LogP contribution < -0.4 is 5.32 Å². The molecule has 102 valence electrons. The van der Waals surface area contributed by atoms with E-state index in [1.165, 1.54) is 7.11 Å². The Bertz CT molecular complexity index is 450. The summed E-state index contributed by atoms with van der Waals surface area (Å²) >= 11 is 0. The predicted octanol–water partition coefficient (Wildman–Crippen LogP) is 1.16. The fourth-order valence-corrected chi connectivity index (χ4v) is 1.02. The molecule has 0 radical (unpaired) electrons. The van der Waals surface area contributed by atoms with Gasteiger partial charge in [0.25, 0.3) is 10.1 Å². The first-order valence-electron chi connectivity index (χ1n) is 5.06. The van der Waals surface area contributed by atoms with E-state index in [9.17, 15) is 13.2 Å². The van der Waals surface area contributed by atoms with Gasteiger partial charge in [0.2, 0.25) is 0 Å². The highest BCUT2D eigenvalue weighted by molar-refractivity contribution is 7.85. The quantitative estimate of drug-likeness (QED) is 0.635. The minimum atomic E-state index is -3.67. The van der Waals surface area contributed by atoms with Gasteiger partial charge < -0.3 is 10.1 Å². The van der Waals surface area contributed by atoms with Crippen LogP contribution >= 0.6 is 0 Å². The second-order valence-electron chi connectivity index (χ2n) is 3.49. The molecule has 0 bridgehead atoms. The lowest BCUT2D eigenvalue weighted by Gasteiger charge is -2.12. The van der Waals surface area contributed by atoms with Crippen molar-refractivity contribution in [3.8, 4) is 0 Å². The molecule has 0 fully saturated rings. The van der Waals surface area contributed by atoms with Crippen LogP contribution in [0.15, 0.2) is 30.3 Å². The van der Waals surface area contributed by atoms with Gasteiger partial charge in [-0.1, -0.05) is 18.2 Å². The average molecular weight is 275 g/mol. The summed E-state index contributed by atoms with van der Waals surface area (Å²) in [4.78, 5) is 11.0. The fraction of sp³-hybridized carbons (Fsp3) is 0.364. The van der Waals surface area contributed by atoms with Crippen molar-refractivity contribution in [2.45, 2.75) is 13.0 Å². The summed E-state index contributed by atoms with van der Waals surface area (Å²) in [5.41, 5.74) is 0.917. The molecule has 6 nitrogen and oxygen atoms in total. The summed E-state index contributed by atoms with van der Waals surface area (Å²) in [5.74, 6) is -0.260. The van der Waals surface area contributed by atoms with Crippen LogP contribution in [0.25, 0.3) is 0 Å². The van der Waals surface area contributed by atoms with Gasteiger partial charge in [0.1, 0.15) is 6.04 Å². The van der Waals surface area contributed by atoms with Gasteiger partial charge in [-0.25, -0.2) is 4.79 Å². The minimum Gasteiger partial charge on any atom is -0.467 e. The highest BCUT2D eigenvalue weighted by Crippen LogP contribution is 2.07. The predicted molar refractivity (Wildman–Crippen MR) is 69.0 cm³/mol. The van der Waals surface area contributed by atoms with E-state index in [1.54, 1.807) is 6.92 Å². The number of esters is 1. The van der Waals surface area contributed by atoms with Gasteiger partial charge in [-0.3, -0.25) is 4.55 Å². The molecule has 18 heavy (non-hydrogen) atoms. The number of benzene rings is 1. The van der Waals surface area contributed by atoms with Gasteiger partial charge in [0, 0.05) is 5.69 Å². The van der Waals surface area contributed by atoms with Crippen molar-refractivity contribution in [2.24, 2.45) is 0 Å². The van der Waals surface area contributed by atoms with E-state index in [-0.39, 0.29) is 12.0 Å². The lowest BCUT2D eigenvalue weighted by atomic mass is 10.3. The SMILES string of the molecule is COC(=O)[C@@H](C)Nc1ccccc1.CS(=O)(=O)O. The van der Waals surface area contributed by atoms with Crippen molar-refractivity contribution in [3.05, 3.63) is 30.3 Å². The summed E-state index contributed by atoms with van der Waals surface area (Å²) < 4.78 is 30.5. The topological polar surface area (TPSA) is 92.7 Å². The number of methoxy groups -OCH3 is 1. The average Bonchev–Trinajstić information content (AvgIpc) is 2.27. The Hall–Kier alpha value is -1.60. The van der Waals surface area contributed by atoms with E-state index < -0.39 is 10.1 Å². The number of nitrogens with one attached hydrogen (secondary N) is 1. The molecule has 0 amide bonds. The van der Waals surface area contributed by atoms with Crippen molar-refractivity contribution in [1.29, 1.82) is 0 Å². The van der Waals surface area contributed by atoms with Crippen LogP contribution in [0.2, 0.25) is 0 Å². The Kier molecular flexibility index (Phi) is 6.99. The number of carbonyl (C=O) groups excluding carboxylic acids is 1. The molecule has 0 spiro atoms. The molecule has 0 aliphatic rings. The third-order valence-corrected chi connectivity index (χ3v) is 1.71. The monoisotopic (exact) mass is 275 g/mol. The first-order chi connectivity index (χ1) is 8.24. The molecule has 1 rings (SSSR count). The van der Waals surface area contributed by atoms with E-state index in [2.05, 4.69) is 10.1 Å². The lowest BCUT2D eigenvalue weighted by molar-refractivity contribution is -0.141. The molecule has 1 aromatic carbocycles. The largest absolute Gasteiger partial charge is 0.467 e. The standard InChI is InChI=1S/C10H13NO2.CH4O3S/c1-8(10(12)13-2)11-9-6-4-3-5-7-9;1-5(2,3)4/h3-8,11H,1-2H3;1H3,(H,2,3,4)/t8-;/m1./s1. The zero-order chi connectivity index (χ0) is 14.2. The molecule has 1 aromatic rings. The smallest absolute Gasteiger partial charge is 0.327 e. The minimum absolute atomic E-state index is 0.260. The highest BCUT2D eigenvalue weighted by atomic mass is 32.2. The second kappa shape index (κ2) is 7.67. The van der Waals surface area contributed by atoms with Gasteiger partial charge in [-0.05, 0) is 19.1 Å². The van der Waals surface area contributed by atoms with Crippen LogP contribution in [0.4, 0.5) is 5.69 Å². The van der Waals surface area contributed by atoms with Crippen LogP contribution in [-0.2, 0) is 19.6 Å². The number of anilines is 1. The molecule has 0 saturated heterocycles. The van der Waals surface area contributed by atoms with Gasteiger partial charge >= 0.3 is 5.97 Å². The maximum absolute atomic E-state index is 11.0. The molecule has 0 aromatic heterocycles. The summed E-state index contributed by atoms with van der Waals surface area (Å²) in [5, 5.41) is 3.02. The van der Waals surface area contributed by atoms with E-state index >= 15 is 0 Å². The van der Waals surface area contributed by atoms with E-state index in [4.69, 9.17) is 4.55 Å². The van der Waals surface area contributed by atoms with Crippen LogP contribution in [0, 0.1) is 0 Å². The van der Waals surface area contributed by atoms with E-state index in [0.717, 1.165) is 5.69 Å². The maximum atomic E-state index is 11.0. The molecule has 0 heterocycles. The van der Waals surface area contributed by atoms with Crippen LogP contribution in [0.1, 0.15) is 6.92 Å². The zero-order valence-corrected chi connectivity index (χ0v) is 11.3. The molecule has 0 saturated carbocycles. The van der Waals surface area contributed by atoms with E-state index in [0.29, 0.717) is 6.26 Å². The first kappa shape index (κ1) is 16.4. The van der Waals surface area contributed by atoms with Gasteiger partial charge in [0.05, 0.1) is 13.4 Å². The van der Waals surface area contributed by atoms with Gasteiger partial charge in [-0.15, -0.1) is 0 Å². The molecule has 0 aliphatic carbocycles.